The van der Waals surface area contributed by atoms with Gasteiger partial charge < -0.3 is 9.73 Å². The number of thiophene rings is 1. The van der Waals surface area contributed by atoms with E-state index in [4.69, 9.17) is 4.42 Å². The third kappa shape index (κ3) is 2.96. The quantitative estimate of drug-likeness (QED) is 0.910. The third-order valence-corrected chi connectivity index (χ3v) is 4.97. The SMILES string of the molecule is O=C(NCC(c1ccco1)c1cccs1)C1CCCC1. The number of nitrogens with one attached hydrogen (secondary N) is 1. The van der Waals surface area contributed by atoms with E-state index >= 15 is 0 Å². The Morgan fingerprint density at radius 2 is 2.20 bits per heavy atom. The van der Waals surface area contributed by atoms with Crippen molar-refractivity contribution in [3.05, 3.63) is 46.5 Å². The van der Waals surface area contributed by atoms with Gasteiger partial charge in [0.1, 0.15) is 5.76 Å². The summed E-state index contributed by atoms with van der Waals surface area (Å²) >= 11 is 1.70. The van der Waals surface area contributed by atoms with Crippen molar-refractivity contribution in [3.63, 3.8) is 0 Å². The monoisotopic (exact) mass is 289 g/mol. The molecule has 20 heavy (non-hydrogen) atoms. The molecule has 0 saturated heterocycles. The van der Waals surface area contributed by atoms with Crippen molar-refractivity contribution in [3.8, 4) is 0 Å². The summed E-state index contributed by atoms with van der Waals surface area (Å²) < 4.78 is 5.53. The largest absolute Gasteiger partial charge is 0.469 e. The van der Waals surface area contributed by atoms with Gasteiger partial charge in [-0.1, -0.05) is 18.9 Å². The van der Waals surface area contributed by atoms with Crippen molar-refractivity contribution in [2.45, 2.75) is 31.6 Å². The van der Waals surface area contributed by atoms with Crippen LogP contribution >= 0.6 is 11.3 Å². The molecule has 1 amide bonds. The number of rotatable bonds is 5. The predicted molar refractivity (Wildman–Crippen MR) is 79.8 cm³/mol. The van der Waals surface area contributed by atoms with Crippen LogP contribution in [0.4, 0.5) is 0 Å². The van der Waals surface area contributed by atoms with Crippen LogP contribution in [0, 0.1) is 5.92 Å². The molecule has 1 atom stereocenters. The molecule has 3 rings (SSSR count). The Balaban J connectivity index is 1.66. The van der Waals surface area contributed by atoms with E-state index in [-0.39, 0.29) is 17.7 Å². The van der Waals surface area contributed by atoms with Crippen molar-refractivity contribution >= 4 is 17.2 Å². The van der Waals surface area contributed by atoms with Gasteiger partial charge in [0, 0.05) is 17.3 Å². The minimum absolute atomic E-state index is 0.121. The Kier molecular flexibility index (Phi) is 4.21. The maximum atomic E-state index is 12.2. The zero-order valence-electron chi connectivity index (χ0n) is 11.4. The molecule has 3 nitrogen and oxygen atoms in total. The molecule has 2 aromatic rings. The summed E-state index contributed by atoms with van der Waals surface area (Å²) in [7, 11) is 0. The van der Waals surface area contributed by atoms with E-state index in [1.807, 2.05) is 18.2 Å². The highest BCUT2D eigenvalue weighted by molar-refractivity contribution is 7.10. The van der Waals surface area contributed by atoms with E-state index < -0.39 is 0 Å². The first kappa shape index (κ1) is 13.4. The van der Waals surface area contributed by atoms with Gasteiger partial charge in [0.15, 0.2) is 0 Å². The summed E-state index contributed by atoms with van der Waals surface area (Å²) in [6.07, 6.45) is 6.14. The summed E-state index contributed by atoms with van der Waals surface area (Å²) in [4.78, 5) is 13.4. The molecule has 1 N–H and O–H groups in total. The number of carbonyl (C=O) groups is 1. The van der Waals surface area contributed by atoms with Gasteiger partial charge in [-0.15, -0.1) is 11.3 Å². The summed E-state index contributed by atoms with van der Waals surface area (Å²) in [6, 6.07) is 8.01. The molecular formula is C16H19NO2S. The first-order valence-electron chi connectivity index (χ1n) is 7.19. The molecule has 106 valence electrons. The summed E-state index contributed by atoms with van der Waals surface area (Å²) in [5, 5.41) is 5.17. The molecule has 1 unspecified atom stereocenters. The topological polar surface area (TPSA) is 42.2 Å². The van der Waals surface area contributed by atoms with Crippen molar-refractivity contribution in [1.29, 1.82) is 0 Å². The Morgan fingerprint density at radius 1 is 1.35 bits per heavy atom. The van der Waals surface area contributed by atoms with Crippen LogP contribution in [0.15, 0.2) is 40.3 Å². The molecule has 2 aromatic heterocycles. The van der Waals surface area contributed by atoms with Crippen LogP contribution in [-0.2, 0) is 4.79 Å². The maximum Gasteiger partial charge on any atom is 0.223 e. The van der Waals surface area contributed by atoms with Gasteiger partial charge in [0.25, 0.3) is 0 Å². The van der Waals surface area contributed by atoms with Crippen molar-refractivity contribution in [2.24, 2.45) is 5.92 Å². The van der Waals surface area contributed by atoms with Crippen molar-refractivity contribution in [1.82, 2.24) is 5.32 Å². The van der Waals surface area contributed by atoms with E-state index in [2.05, 4.69) is 16.8 Å². The number of amides is 1. The number of carbonyl (C=O) groups excluding carboxylic acids is 1. The van der Waals surface area contributed by atoms with E-state index in [1.165, 1.54) is 17.7 Å². The van der Waals surface area contributed by atoms with Gasteiger partial charge in [-0.25, -0.2) is 0 Å². The van der Waals surface area contributed by atoms with Crippen molar-refractivity contribution in [2.75, 3.05) is 6.54 Å². The molecular weight excluding hydrogens is 270 g/mol. The van der Waals surface area contributed by atoms with Crippen LogP contribution in [0.25, 0.3) is 0 Å². The zero-order chi connectivity index (χ0) is 13.8. The molecule has 1 aliphatic rings. The molecule has 0 bridgehead atoms. The first-order chi connectivity index (χ1) is 9.84. The highest BCUT2D eigenvalue weighted by Gasteiger charge is 2.24. The average Bonchev–Trinajstić information content (AvgIpc) is 3.22. The molecule has 0 radical (unpaired) electrons. The minimum Gasteiger partial charge on any atom is -0.469 e. The predicted octanol–water partition coefficient (Wildman–Crippen LogP) is 3.78. The maximum absolute atomic E-state index is 12.2. The van der Waals surface area contributed by atoms with E-state index in [0.717, 1.165) is 18.6 Å². The molecule has 1 fully saturated rings. The lowest BCUT2D eigenvalue weighted by molar-refractivity contribution is -0.124. The lowest BCUT2D eigenvalue weighted by atomic mass is 10.0. The Morgan fingerprint density at radius 3 is 2.85 bits per heavy atom. The highest BCUT2D eigenvalue weighted by Crippen LogP contribution is 2.29. The normalized spacial score (nSPS) is 17.2. The number of hydrogen-bond donors (Lipinski definition) is 1. The smallest absolute Gasteiger partial charge is 0.223 e. The second-order valence-corrected chi connectivity index (χ2v) is 6.29. The van der Waals surface area contributed by atoms with Crippen LogP contribution in [0.2, 0.25) is 0 Å². The first-order valence-corrected chi connectivity index (χ1v) is 8.07. The number of hydrogen-bond acceptors (Lipinski definition) is 3. The minimum atomic E-state index is 0.121. The van der Waals surface area contributed by atoms with Crippen molar-refractivity contribution < 1.29 is 9.21 Å². The van der Waals surface area contributed by atoms with Crippen LogP contribution in [0.5, 0.6) is 0 Å². The van der Waals surface area contributed by atoms with Gasteiger partial charge in [-0.05, 0) is 36.4 Å². The molecule has 1 aliphatic carbocycles. The summed E-state index contributed by atoms with van der Waals surface area (Å²) in [6.45, 7) is 0.614. The van der Waals surface area contributed by atoms with Crippen LogP contribution in [-0.4, -0.2) is 12.5 Å². The average molecular weight is 289 g/mol. The second kappa shape index (κ2) is 6.27. The molecule has 0 spiro atoms. The highest BCUT2D eigenvalue weighted by atomic mass is 32.1. The zero-order valence-corrected chi connectivity index (χ0v) is 12.2. The van der Waals surface area contributed by atoms with Crippen LogP contribution in [0.3, 0.4) is 0 Å². The van der Waals surface area contributed by atoms with Gasteiger partial charge in [-0.3, -0.25) is 4.79 Å². The lowest BCUT2D eigenvalue weighted by Gasteiger charge is -2.16. The Labute approximate surface area is 123 Å². The Hall–Kier alpha value is -1.55. The summed E-state index contributed by atoms with van der Waals surface area (Å²) in [5.74, 6) is 1.46. The van der Waals surface area contributed by atoms with E-state index in [1.54, 1.807) is 17.6 Å². The molecule has 1 saturated carbocycles. The summed E-state index contributed by atoms with van der Waals surface area (Å²) in [5.41, 5.74) is 0. The van der Waals surface area contributed by atoms with E-state index in [0.29, 0.717) is 6.54 Å². The second-order valence-electron chi connectivity index (χ2n) is 5.31. The fourth-order valence-electron chi connectivity index (χ4n) is 2.86. The van der Waals surface area contributed by atoms with Gasteiger partial charge in [0.05, 0.1) is 12.2 Å². The molecule has 4 heteroatoms. The van der Waals surface area contributed by atoms with Crippen LogP contribution in [0.1, 0.15) is 42.2 Å². The fourth-order valence-corrected chi connectivity index (χ4v) is 3.69. The Bertz CT molecular complexity index is 493. The molecule has 2 heterocycles. The molecule has 0 aliphatic heterocycles. The standard InChI is InChI=1S/C16H19NO2S/c18-16(12-5-1-2-6-12)17-11-13(14-7-3-9-19-14)15-8-4-10-20-15/h3-4,7-10,12-13H,1-2,5-6,11H2,(H,17,18). The van der Waals surface area contributed by atoms with Gasteiger partial charge in [0.2, 0.25) is 5.91 Å². The molecule has 0 aromatic carbocycles. The van der Waals surface area contributed by atoms with Crippen LogP contribution < -0.4 is 5.32 Å². The van der Waals surface area contributed by atoms with Gasteiger partial charge >= 0.3 is 0 Å². The third-order valence-electron chi connectivity index (χ3n) is 3.98. The lowest BCUT2D eigenvalue weighted by Crippen LogP contribution is -2.32. The fraction of sp³-hybridized carbons (Fsp3) is 0.438. The number of furan rings is 1. The van der Waals surface area contributed by atoms with Gasteiger partial charge in [-0.2, -0.15) is 0 Å². The van der Waals surface area contributed by atoms with E-state index in [9.17, 15) is 4.79 Å².